The van der Waals surface area contributed by atoms with E-state index in [9.17, 15) is 14.7 Å². The van der Waals surface area contributed by atoms with Crippen LogP contribution >= 0.6 is 0 Å². The van der Waals surface area contributed by atoms with E-state index in [1.807, 2.05) is 6.92 Å². The van der Waals surface area contributed by atoms with Gasteiger partial charge < -0.3 is 10.2 Å². The molecular weight excluding hydrogens is 220 g/mol. The molecule has 5 atom stereocenters. The number of aliphatic hydroxyl groups is 1. The number of aliphatic carboxylic acids is 1. The fourth-order valence-electron chi connectivity index (χ4n) is 4.95. The second-order valence-electron chi connectivity index (χ2n) is 6.45. The van der Waals surface area contributed by atoms with Crippen LogP contribution in [0.15, 0.2) is 0 Å². The molecule has 5 unspecified atom stereocenters. The van der Waals surface area contributed by atoms with Gasteiger partial charge in [-0.3, -0.25) is 4.79 Å². The zero-order valence-electron chi connectivity index (χ0n) is 9.98. The third kappa shape index (κ3) is 1.33. The van der Waals surface area contributed by atoms with Crippen LogP contribution in [0.5, 0.6) is 0 Å². The topological polar surface area (TPSA) is 74.6 Å². The number of Topliss-reactive ketones (excluding diaryl/α,β-unsaturated/α-hetero) is 1. The number of carboxylic acid groups (broad SMARTS) is 1. The largest absolute Gasteiger partial charge is 0.475 e. The minimum Gasteiger partial charge on any atom is -0.475 e. The summed E-state index contributed by atoms with van der Waals surface area (Å²) < 4.78 is 0. The van der Waals surface area contributed by atoms with Crippen molar-refractivity contribution in [3.05, 3.63) is 0 Å². The van der Waals surface area contributed by atoms with E-state index in [0.29, 0.717) is 24.7 Å². The van der Waals surface area contributed by atoms with Crippen molar-refractivity contribution in [3.63, 3.8) is 0 Å². The van der Waals surface area contributed by atoms with Gasteiger partial charge in [-0.25, -0.2) is 4.79 Å². The predicted octanol–water partition coefficient (Wildman–Crippen LogP) is 1.22. The Hall–Kier alpha value is -0.900. The molecular formula is C13H18O4. The van der Waals surface area contributed by atoms with Crippen LogP contribution < -0.4 is 0 Å². The normalized spacial score (nSPS) is 51.5. The van der Waals surface area contributed by atoms with E-state index < -0.39 is 22.8 Å². The van der Waals surface area contributed by atoms with E-state index >= 15 is 0 Å². The highest BCUT2D eigenvalue weighted by Gasteiger charge is 2.64. The van der Waals surface area contributed by atoms with Crippen molar-refractivity contribution in [1.29, 1.82) is 0 Å². The molecule has 4 aliphatic carbocycles. The number of ketones is 1. The van der Waals surface area contributed by atoms with Gasteiger partial charge in [0.1, 0.15) is 0 Å². The van der Waals surface area contributed by atoms with Gasteiger partial charge in [0, 0.05) is 5.41 Å². The summed E-state index contributed by atoms with van der Waals surface area (Å²) in [6.45, 7) is 1.99. The van der Waals surface area contributed by atoms with E-state index in [1.165, 1.54) is 0 Å². The molecule has 4 heteroatoms. The van der Waals surface area contributed by atoms with Gasteiger partial charge >= 0.3 is 5.97 Å². The molecule has 4 fully saturated rings. The van der Waals surface area contributed by atoms with Crippen LogP contribution in [0, 0.1) is 23.2 Å². The molecule has 0 aliphatic heterocycles. The fourth-order valence-corrected chi connectivity index (χ4v) is 4.95. The summed E-state index contributed by atoms with van der Waals surface area (Å²) in [6.07, 6.45) is 3.58. The Morgan fingerprint density at radius 3 is 2.53 bits per heavy atom. The van der Waals surface area contributed by atoms with Crippen LogP contribution in [0.3, 0.4) is 0 Å². The molecule has 0 radical (unpaired) electrons. The average Bonchev–Trinajstić information content (AvgIpc) is 2.22. The van der Waals surface area contributed by atoms with Crippen LogP contribution in [0.1, 0.15) is 39.0 Å². The summed E-state index contributed by atoms with van der Waals surface area (Å²) in [5.41, 5.74) is -1.56. The molecule has 17 heavy (non-hydrogen) atoms. The van der Waals surface area contributed by atoms with Gasteiger partial charge in [-0.1, -0.05) is 6.92 Å². The van der Waals surface area contributed by atoms with Crippen LogP contribution in [0.25, 0.3) is 0 Å². The highest BCUT2D eigenvalue weighted by atomic mass is 16.4. The first-order valence-corrected chi connectivity index (χ1v) is 6.36. The number of hydrogen-bond acceptors (Lipinski definition) is 3. The van der Waals surface area contributed by atoms with Crippen LogP contribution in [-0.4, -0.2) is 27.6 Å². The van der Waals surface area contributed by atoms with E-state index in [4.69, 9.17) is 5.11 Å². The summed E-state index contributed by atoms with van der Waals surface area (Å²) in [6, 6.07) is 0. The maximum absolute atomic E-state index is 12.0. The van der Waals surface area contributed by atoms with Gasteiger partial charge in [0.2, 0.25) is 5.78 Å². The minimum atomic E-state index is -1.33. The SMILES string of the molecule is CC1C2CC3CC(O)(C2)CC1(C(=O)C(=O)O)C3. The Kier molecular flexibility index (Phi) is 2.05. The van der Waals surface area contributed by atoms with Gasteiger partial charge in [-0.2, -0.15) is 0 Å². The molecule has 0 aromatic rings. The molecule has 4 nitrogen and oxygen atoms in total. The predicted molar refractivity (Wildman–Crippen MR) is 59.3 cm³/mol. The van der Waals surface area contributed by atoms with Gasteiger partial charge in [-0.05, 0) is 49.9 Å². The highest BCUT2D eigenvalue weighted by molar-refractivity contribution is 6.35. The van der Waals surface area contributed by atoms with Crippen LogP contribution in [-0.2, 0) is 9.59 Å². The quantitative estimate of drug-likeness (QED) is 0.709. The van der Waals surface area contributed by atoms with Crippen LogP contribution in [0.2, 0.25) is 0 Å². The lowest BCUT2D eigenvalue weighted by Crippen LogP contribution is -2.63. The highest BCUT2D eigenvalue weighted by Crippen LogP contribution is 2.64. The van der Waals surface area contributed by atoms with Crippen molar-refractivity contribution < 1.29 is 19.8 Å². The van der Waals surface area contributed by atoms with E-state index in [0.717, 1.165) is 19.3 Å². The second-order valence-corrected chi connectivity index (χ2v) is 6.45. The first kappa shape index (κ1) is 11.2. The average molecular weight is 238 g/mol. The molecule has 4 saturated carbocycles. The summed E-state index contributed by atoms with van der Waals surface area (Å²) in [5, 5.41) is 19.5. The number of carbonyl (C=O) groups is 2. The van der Waals surface area contributed by atoms with Crippen molar-refractivity contribution in [3.8, 4) is 0 Å². The Balaban J connectivity index is 2.04. The Morgan fingerprint density at radius 1 is 1.24 bits per heavy atom. The van der Waals surface area contributed by atoms with E-state index in [-0.39, 0.29) is 5.92 Å². The first-order valence-electron chi connectivity index (χ1n) is 6.36. The van der Waals surface area contributed by atoms with Gasteiger partial charge in [0.15, 0.2) is 0 Å². The zero-order chi connectivity index (χ0) is 12.4. The van der Waals surface area contributed by atoms with Gasteiger partial charge in [-0.15, -0.1) is 0 Å². The summed E-state index contributed by atoms with van der Waals surface area (Å²) in [5.74, 6) is -1.24. The molecule has 0 aromatic heterocycles. The Labute approximate surface area is 100 Å². The van der Waals surface area contributed by atoms with Crippen molar-refractivity contribution in [2.75, 3.05) is 0 Å². The summed E-state index contributed by atoms with van der Waals surface area (Å²) in [7, 11) is 0. The lowest BCUT2D eigenvalue weighted by atomic mass is 9.43. The molecule has 0 saturated heterocycles. The lowest BCUT2D eigenvalue weighted by Gasteiger charge is -2.62. The van der Waals surface area contributed by atoms with Crippen LogP contribution in [0.4, 0.5) is 0 Å². The standard InChI is InChI=1S/C13H18O4/c1-7-9-2-8-3-12(17,5-9)6-13(7,4-8)10(14)11(15)16/h7-9,17H,2-6H2,1H3,(H,15,16). The molecule has 94 valence electrons. The van der Waals surface area contributed by atoms with Crippen molar-refractivity contribution in [1.82, 2.24) is 0 Å². The summed E-state index contributed by atoms with van der Waals surface area (Å²) in [4.78, 5) is 23.1. The lowest BCUT2D eigenvalue weighted by molar-refractivity contribution is -0.199. The number of carbonyl (C=O) groups excluding carboxylic acids is 1. The Morgan fingerprint density at radius 2 is 1.94 bits per heavy atom. The van der Waals surface area contributed by atoms with Crippen molar-refractivity contribution >= 4 is 11.8 Å². The van der Waals surface area contributed by atoms with Crippen molar-refractivity contribution in [2.45, 2.75) is 44.6 Å². The molecule has 0 spiro atoms. The number of hydrogen-bond donors (Lipinski definition) is 2. The van der Waals surface area contributed by atoms with E-state index in [2.05, 4.69) is 0 Å². The van der Waals surface area contributed by atoms with Crippen molar-refractivity contribution in [2.24, 2.45) is 23.2 Å². The molecule has 0 aromatic carbocycles. The number of rotatable bonds is 2. The fraction of sp³-hybridized carbons (Fsp3) is 0.846. The first-order chi connectivity index (χ1) is 7.86. The maximum Gasteiger partial charge on any atom is 0.372 e. The maximum atomic E-state index is 12.0. The monoisotopic (exact) mass is 238 g/mol. The third-order valence-corrected chi connectivity index (χ3v) is 5.47. The number of carboxylic acids is 1. The Bertz CT molecular complexity index is 404. The molecule has 4 aliphatic rings. The van der Waals surface area contributed by atoms with Gasteiger partial charge in [0.25, 0.3) is 0 Å². The second kappa shape index (κ2) is 3.10. The molecule has 0 amide bonds. The smallest absolute Gasteiger partial charge is 0.372 e. The molecule has 4 rings (SSSR count). The molecule has 4 bridgehead atoms. The summed E-state index contributed by atoms with van der Waals surface area (Å²) >= 11 is 0. The molecule has 0 heterocycles. The molecule has 2 N–H and O–H groups in total. The van der Waals surface area contributed by atoms with Gasteiger partial charge in [0.05, 0.1) is 5.60 Å². The minimum absolute atomic E-state index is 0.0999. The third-order valence-electron chi connectivity index (χ3n) is 5.47. The van der Waals surface area contributed by atoms with E-state index in [1.54, 1.807) is 0 Å². The zero-order valence-corrected chi connectivity index (χ0v) is 9.98.